The number of nitrogens with zero attached hydrogens (tertiary/aromatic N) is 1. The van der Waals surface area contributed by atoms with Gasteiger partial charge in [0.15, 0.2) is 6.61 Å². The molecule has 1 aromatic heterocycles. The quantitative estimate of drug-likeness (QED) is 0.915. The number of aromatic nitrogens is 1. The predicted molar refractivity (Wildman–Crippen MR) is 62.8 cm³/mol. The molecule has 0 spiro atoms. The predicted octanol–water partition coefficient (Wildman–Crippen LogP) is 3.22. The molecule has 0 saturated heterocycles. The van der Waals surface area contributed by atoms with E-state index >= 15 is 0 Å². The Kier molecular flexibility index (Phi) is 3.27. The zero-order chi connectivity index (χ0) is 13.2. The molecule has 2 rings (SSSR count). The van der Waals surface area contributed by atoms with Gasteiger partial charge < -0.3 is 10.1 Å². The van der Waals surface area contributed by atoms with Crippen molar-refractivity contribution < 1.29 is 17.9 Å². The molecule has 1 aromatic carbocycles. The summed E-state index contributed by atoms with van der Waals surface area (Å²) in [5.74, 6) is -0.00696. The molecule has 0 atom stereocenters. The molecule has 0 amide bonds. The molecule has 0 fully saturated rings. The van der Waals surface area contributed by atoms with Crippen LogP contribution in [-0.2, 0) is 0 Å². The normalized spacial score (nSPS) is 11.6. The molecule has 1 N–H and O–H groups in total. The lowest BCUT2D eigenvalue weighted by Gasteiger charge is -2.10. The van der Waals surface area contributed by atoms with Gasteiger partial charge in [0, 0.05) is 24.3 Å². The summed E-state index contributed by atoms with van der Waals surface area (Å²) >= 11 is 0. The molecule has 0 aliphatic rings. The van der Waals surface area contributed by atoms with Crippen LogP contribution in [0.25, 0.3) is 10.8 Å². The first-order valence-corrected chi connectivity index (χ1v) is 5.26. The van der Waals surface area contributed by atoms with Crippen LogP contribution in [0.1, 0.15) is 0 Å². The third-order valence-corrected chi connectivity index (χ3v) is 2.39. The topological polar surface area (TPSA) is 34.1 Å². The molecule has 18 heavy (non-hydrogen) atoms. The van der Waals surface area contributed by atoms with Crippen molar-refractivity contribution in [2.24, 2.45) is 0 Å². The van der Waals surface area contributed by atoms with Gasteiger partial charge in [-0.3, -0.25) is 0 Å². The summed E-state index contributed by atoms with van der Waals surface area (Å²) in [6, 6.07) is 6.97. The van der Waals surface area contributed by atoms with Crippen LogP contribution in [0, 0.1) is 0 Å². The van der Waals surface area contributed by atoms with Gasteiger partial charge in [-0.15, -0.1) is 0 Å². The first-order valence-electron chi connectivity index (χ1n) is 5.26. The van der Waals surface area contributed by atoms with Crippen LogP contribution in [0.15, 0.2) is 30.5 Å². The van der Waals surface area contributed by atoms with E-state index in [1.165, 1.54) is 6.20 Å². The Morgan fingerprint density at radius 3 is 2.72 bits per heavy atom. The minimum atomic E-state index is -4.37. The molecule has 96 valence electrons. The summed E-state index contributed by atoms with van der Waals surface area (Å²) in [6.07, 6.45) is -2.94. The fraction of sp³-hybridized carbons (Fsp3) is 0.250. The molecule has 1 heterocycles. The number of hydrogen-bond donors (Lipinski definition) is 1. The fourth-order valence-corrected chi connectivity index (χ4v) is 1.57. The van der Waals surface area contributed by atoms with Gasteiger partial charge in [-0.1, -0.05) is 0 Å². The average Bonchev–Trinajstić information content (AvgIpc) is 2.34. The molecule has 0 aliphatic heterocycles. The standard InChI is InChI=1S/C12H11F3N2O/c1-16-9-2-3-10-8(6-9)4-5-17-11(10)18-7-12(13,14)15/h2-6,16H,7H2,1H3. The Bertz CT molecular complexity index is 555. The van der Waals surface area contributed by atoms with E-state index in [1.54, 1.807) is 25.2 Å². The van der Waals surface area contributed by atoms with Crippen molar-refractivity contribution in [1.29, 1.82) is 0 Å². The highest BCUT2D eigenvalue weighted by Gasteiger charge is 2.28. The average molecular weight is 256 g/mol. The largest absolute Gasteiger partial charge is 0.468 e. The van der Waals surface area contributed by atoms with Gasteiger partial charge in [-0.2, -0.15) is 13.2 Å². The second-order valence-corrected chi connectivity index (χ2v) is 3.71. The smallest absolute Gasteiger partial charge is 0.422 e. The van der Waals surface area contributed by atoms with E-state index in [4.69, 9.17) is 4.74 Å². The Morgan fingerprint density at radius 1 is 1.28 bits per heavy atom. The summed E-state index contributed by atoms with van der Waals surface area (Å²) in [7, 11) is 1.77. The number of halogens is 3. The SMILES string of the molecule is CNc1ccc2c(OCC(F)(F)F)nccc2c1. The van der Waals surface area contributed by atoms with Gasteiger partial charge in [0.25, 0.3) is 0 Å². The number of fused-ring (bicyclic) bond motifs is 1. The molecular formula is C12H11F3N2O. The van der Waals surface area contributed by atoms with E-state index in [9.17, 15) is 13.2 Å². The zero-order valence-electron chi connectivity index (χ0n) is 9.58. The van der Waals surface area contributed by atoms with Crippen LogP contribution in [0.4, 0.5) is 18.9 Å². The van der Waals surface area contributed by atoms with Crippen LogP contribution >= 0.6 is 0 Å². The lowest BCUT2D eigenvalue weighted by atomic mass is 10.1. The minimum Gasteiger partial charge on any atom is -0.468 e. The van der Waals surface area contributed by atoms with Crippen LogP contribution < -0.4 is 10.1 Å². The summed E-state index contributed by atoms with van der Waals surface area (Å²) in [6.45, 7) is -1.34. The van der Waals surface area contributed by atoms with E-state index in [0.717, 1.165) is 11.1 Å². The first kappa shape index (κ1) is 12.5. The number of nitrogens with one attached hydrogen (secondary N) is 1. The molecule has 0 unspecified atom stereocenters. The van der Waals surface area contributed by atoms with Crippen molar-refractivity contribution in [3.05, 3.63) is 30.5 Å². The van der Waals surface area contributed by atoms with Gasteiger partial charge in [0.2, 0.25) is 5.88 Å². The third-order valence-electron chi connectivity index (χ3n) is 2.39. The van der Waals surface area contributed by atoms with Crippen molar-refractivity contribution in [2.45, 2.75) is 6.18 Å². The maximum atomic E-state index is 12.1. The third kappa shape index (κ3) is 2.82. The molecular weight excluding hydrogens is 245 g/mol. The van der Waals surface area contributed by atoms with Gasteiger partial charge in [0.1, 0.15) is 0 Å². The van der Waals surface area contributed by atoms with Crippen LogP contribution in [0.2, 0.25) is 0 Å². The van der Waals surface area contributed by atoms with Crippen molar-refractivity contribution in [3.8, 4) is 5.88 Å². The van der Waals surface area contributed by atoms with Gasteiger partial charge >= 0.3 is 6.18 Å². The van der Waals surface area contributed by atoms with Crippen molar-refractivity contribution in [2.75, 3.05) is 19.0 Å². The molecule has 0 radical (unpaired) electrons. The van der Waals surface area contributed by atoms with Crippen LogP contribution in [0.5, 0.6) is 5.88 Å². The number of ether oxygens (including phenoxy) is 1. The number of hydrogen-bond acceptors (Lipinski definition) is 3. The van der Waals surface area contributed by atoms with Crippen molar-refractivity contribution >= 4 is 16.5 Å². The van der Waals surface area contributed by atoms with Gasteiger partial charge in [0.05, 0.1) is 0 Å². The fourth-order valence-electron chi connectivity index (χ4n) is 1.57. The van der Waals surface area contributed by atoms with E-state index < -0.39 is 12.8 Å². The summed E-state index contributed by atoms with van der Waals surface area (Å²) in [5.41, 5.74) is 0.871. The highest BCUT2D eigenvalue weighted by Crippen LogP contribution is 2.27. The zero-order valence-corrected chi connectivity index (χ0v) is 9.58. The Hall–Kier alpha value is -1.98. The number of anilines is 1. The molecule has 3 nitrogen and oxygen atoms in total. The first-order chi connectivity index (χ1) is 8.49. The van der Waals surface area contributed by atoms with Crippen LogP contribution in [0.3, 0.4) is 0 Å². The van der Waals surface area contributed by atoms with E-state index in [0.29, 0.717) is 5.39 Å². The van der Waals surface area contributed by atoms with Gasteiger partial charge in [-0.25, -0.2) is 4.98 Å². The van der Waals surface area contributed by atoms with Crippen molar-refractivity contribution in [3.63, 3.8) is 0 Å². The summed E-state index contributed by atoms with van der Waals surface area (Å²) in [4.78, 5) is 3.82. The molecule has 0 aliphatic carbocycles. The Labute approximate surface area is 102 Å². The minimum absolute atomic E-state index is 0.00696. The Balaban J connectivity index is 2.34. The number of pyridine rings is 1. The van der Waals surface area contributed by atoms with E-state index in [2.05, 4.69) is 10.3 Å². The molecule has 0 saturated carbocycles. The van der Waals surface area contributed by atoms with Gasteiger partial charge in [-0.05, 0) is 29.7 Å². The second-order valence-electron chi connectivity index (χ2n) is 3.71. The Morgan fingerprint density at radius 2 is 2.06 bits per heavy atom. The highest BCUT2D eigenvalue weighted by atomic mass is 19.4. The second kappa shape index (κ2) is 4.72. The monoisotopic (exact) mass is 256 g/mol. The number of rotatable bonds is 3. The number of alkyl halides is 3. The van der Waals surface area contributed by atoms with E-state index in [1.807, 2.05) is 6.07 Å². The molecule has 2 aromatic rings. The maximum absolute atomic E-state index is 12.1. The molecule has 0 bridgehead atoms. The summed E-state index contributed by atoms with van der Waals surface area (Å²) < 4.78 is 41.0. The van der Waals surface area contributed by atoms with E-state index in [-0.39, 0.29) is 5.88 Å². The lowest BCUT2D eigenvalue weighted by molar-refractivity contribution is -0.153. The highest BCUT2D eigenvalue weighted by molar-refractivity contribution is 5.89. The summed E-state index contributed by atoms with van der Waals surface area (Å²) in [5, 5.41) is 4.28. The molecule has 6 heteroatoms. The lowest BCUT2D eigenvalue weighted by Crippen LogP contribution is -2.19. The van der Waals surface area contributed by atoms with Crippen molar-refractivity contribution in [1.82, 2.24) is 4.98 Å². The maximum Gasteiger partial charge on any atom is 0.422 e. The number of benzene rings is 1. The van der Waals surface area contributed by atoms with Crippen LogP contribution in [-0.4, -0.2) is 24.8 Å².